The molecule has 0 radical (unpaired) electrons. The van der Waals surface area contributed by atoms with Crippen molar-refractivity contribution in [2.24, 2.45) is 0 Å². The van der Waals surface area contributed by atoms with Crippen molar-refractivity contribution >= 4 is 57.2 Å². The number of ketones is 2. The van der Waals surface area contributed by atoms with E-state index in [1.165, 1.54) is 26.0 Å². The van der Waals surface area contributed by atoms with Gasteiger partial charge < -0.3 is 10.8 Å². The van der Waals surface area contributed by atoms with E-state index in [0.717, 1.165) is 20.9 Å². The van der Waals surface area contributed by atoms with E-state index in [0.29, 0.717) is 17.0 Å². The maximum atomic E-state index is 10.0. The zero-order chi connectivity index (χ0) is 28.3. The lowest BCUT2D eigenvalue weighted by Gasteiger charge is -1.85. The first kappa shape index (κ1) is 44.1. The molecule has 186 valence electrons. The molecular formula is C27H44N2O2S2. The molecule has 0 spiro atoms. The van der Waals surface area contributed by atoms with Crippen molar-refractivity contribution in [2.45, 2.75) is 62.3 Å². The lowest BCUT2D eigenvalue weighted by molar-refractivity contribution is -0.114. The predicted molar refractivity (Wildman–Crippen MR) is 160 cm³/mol. The van der Waals surface area contributed by atoms with E-state index in [4.69, 9.17) is 23.0 Å². The molecule has 0 aromatic heterocycles. The molecule has 0 rings (SSSR count). The molecule has 0 fully saturated rings. The van der Waals surface area contributed by atoms with Crippen LogP contribution in [0.2, 0.25) is 0 Å². The van der Waals surface area contributed by atoms with Gasteiger partial charge in [-0.1, -0.05) is 70.0 Å². The van der Waals surface area contributed by atoms with Gasteiger partial charge in [0.05, 0.1) is 0 Å². The molecule has 0 atom stereocenters. The molecular weight excluding hydrogens is 448 g/mol. The van der Waals surface area contributed by atoms with E-state index >= 15 is 0 Å². The summed E-state index contributed by atoms with van der Waals surface area (Å²) < 4.78 is 0. The summed E-state index contributed by atoms with van der Waals surface area (Å²) in [5, 5.41) is 13.5. The standard InChI is InChI=1S/C5H9N.C5H8O.C5H8S.C4H7N.C4H6O.C4H6S/c3*1-4(2)5(3)6;3*1-3-4(2)5/h6H,1H2,2-3H3;2*1H2,2-3H3;3,5H,1H2,2H3;2*3H,1H2,2H3. The molecule has 0 saturated carbocycles. The number of allylic oxidation sites excluding steroid dienone is 6. The summed E-state index contributed by atoms with van der Waals surface area (Å²) in [6, 6.07) is 0. The molecule has 0 unspecified atom stereocenters. The van der Waals surface area contributed by atoms with E-state index in [-0.39, 0.29) is 11.6 Å². The van der Waals surface area contributed by atoms with Crippen molar-refractivity contribution in [3.63, 3.8) is 0 Å². The Balaban J connectivity index is -0.0000000664. The lowest BCUT2D eigenvalue weighted by atomic mass is 10.2. The van der Waals surface area contributed by atoms with Gasteiger partial charge in [0.15, 0.2) is 11.6 Å². The van der Waals surface area contributed by atoms with Gasteiger partial charge in [0.2, 0.25) is 0 Å². The van der Waals surface area contributed by atoms with Crippen LogP contribution in [0.15, 0.2) is 74.4 Å². The minimum Gasteiger partial charge on any atom is -0.306 e. The van der Waals surface area contributed by atoms with Gasteiger partial charge in [-0.25, -0.2) is 0 Å². The highest BCUT2D eigenvalue weighted by Gasteiger charge is 1.86. The molecule has 0 saturated heterocycles. The van der Waals surface area contributed by atoms with Crippen molar-refractivity contribution in [3.05, 3.63) is 74.4 Å². The third-order valence-electron chi connectivity index (χ3n) is 2.72. The Kier molecular flexibility index (Phi) is 42.0. The summed E-state index contributed by atoms with van der Waals surface area (Å²) in [5.41, 5.74) is 3.54. The molecule has 0 aliphatic heterocycles. The smallest absolute Gasteiger partial charge is 0.154 e. The van der Waals surface area contributed by atoms with Crippen LogP contribution < -0.4 is 0 Å². The summed E-state index contributed by atoms with van der Waals surface area (Å²) in [5.74, 6) is 0.0833. The largest absolute Gasteiger partial charge is 0.306 e. The molecule has 0 heterocycles. The normalized spacial score (nSPS) is 7.18. The molecule has 2 N–H and O–H groups in total. The first-order chi connectivity index (χ1) is 14.7. The topological polar surface area (TPSA) is 81.8 Å². The molecule has 0 amide bonds. The van der Waals surface area contributed by atoms with Gasteiger partial charge in [-0.2, -0.15) is 0 Å². The van der Waals surface area contributed by atoms with Crippen molar-refractivity contribution < 1.29 is 9.59 Å². The number of nitrogens with one attached hydrogen (secondary N) is 2. The van der Waals surface area contributed by atoms with Gasteiger partial charge in [-0.05, 0) is 91.2 Å². The molecule has 0 aromatic rings. The van der Waals surface area contributed by atoms with Crippen molar-refractivity contribution in [1.29, 1.82) is 10.8 Å². The highest BCUT2D eigenvalue weighted by Crippen LogP contribution is 1.88. The van der Waals surface area contributed by atoms with Crippen LogP contribution in [0, 0.1) is 10.8 Å². The number of thiocarbonyl (C=S) groups is 2. The summed E-state index contributed by atoms with van der Waals surface area (Å²) >= 11 is 9.30. The van der Waals surface area contributed by atoms with Crippen LogP contribution in [0.1, 0.15) is 62.3 Å². The van der Waals surface area contributed by atoms with Crippen LogP contribution in [0.3, 0.4) is 0 Å². The summed E-state index contributed by atoms with van der Waals surface area (Å²) in [4.78, 5) is 21.5. The third-order valence-corrected chi connectivity index (χ3v) is 3.24. The number of rotatable bonds is 6. The van der Waals surface area contributed by atoms with E-state index < -0.39 is 0 Å². The molecule has 0 aromatic carbocycles. The van der Waals surface area contributed by atoms with Crippen LogP contribution in [0.25, 0.3) is 0 Å². The summed E-state index contributed by atoms with van der Waals surface area (Å²) in [6.45, 7) is 36.0. The van der Waals surface area contributed by atoms with E-state index in [2.05, 4.69) is 51.7 Å². The Morgan fingerprint density at radius 1 is 0.636 bits per heavy atom. The van der Waals surface area contributed by atoms with Gasteiger partial charge in [0, 0.05) is 21.2 Å². The highest BCUT2D eigenvalue weighted by atomic mass is 32.1. The fourth-order valence-corrected chi connectivity index (χ4v) is 0. The first-order valence-electron chi connectivity index (χ1n) is 9.72. The van der Waals surface area contributed by atoms with Crippen LogP contribution in [0.5, 0.6) is 0 Å². The molecule has 33 heavy (non-hydrogen) atoms. The first-order valence-corrected chi connectivity index (χ1v) is 10.5. The van der Waals surface area contributed by atoms with Crippen LogP contribution in [-0.4, -0.2) is 32.7 Å². The van der Waals surface area contributed by atoms with Gasteiger partial charge in [-0.15, -0.1) is 0 Å². The number of Topliss-reactive ketones (excluding diaryl/α,β-unsaturated/α-hetero) is 1. The lowest BCUT2D eigenvalue weighted by Crippen LogP contribution is -1.86. The Hall–Kier alpha value is -2.70. The monoisotopic (exact) mass is 492 g/mol. The summed E-state index contributed by atoms with van der Waals surface area (Å²) in [7, 11) is 0. The fraction of sp³-hybridized carbons (Fsp3) is 0.333. The van der Waals surface area contributed by atoms with E-state index in [9.17, 15) is 9.59 Å². The van der Waals surface area contributed by atoms with Gasteiger partial charge in [-0.3, -0.25) is 9.59 Å². The van der Waals surface area contributed by atoms with Crippen molar-refractivity contribution in [3.8, 4) is 0 Å². The van der Waals surface area contributed by atoms with Gasteiger partial charge in [0.1, 0.15) is 0 Å². The zero-order valence-corrected chi connectivity index (χ0v) is 23.7. The molecule has 0 bridgehead atoms. The van der Waals surface area contributed by atoms with Crippen LogP contribution in [-0.2, 0) is 9.59 Å². The quantitative estimate of drug-likeness (QED) is 0.222. The summed E-state index contributed by atoms with van der Waals surface area (Å²) in [6.07, 6.45) is 4.43. The minimum atomic E-state index is 0.0185. The van der Waals surface area contributed by atoms with Crippen LogP contribution >= 0.6 is 24.4 Å². The Morgan fingerprint density at radius 2 is 0.818 bits per heavy atom. The second kappa shape index (κ2) is 31.5. The van der Waals surface area contributed by atoms with E-state index in [1.54, 1.807) is 26.8 Å². The van der Waals surface area contributed by atoms with Gasteiger partial charge >= 0.3 is 0 Å². The molecule has 4 nitrogen and oxygen atoms in total. The zero-order valence-electron chi connectivity index (χ0n) is 22.1. The maximum Gasteiger partial charge on any atom is 0.154 e. The molecule has 0 aliphatic rings. The molecule has 6 heteroatoms. The van der Waals surface area contributed by atoms with E-state index in [1.807, 2.05) is 27.7 Å². The second-order valence-corrected chi connectivity index (χ2v) is 7.85. The Labute approximate surface area is 214 Å². The van der Waals surface area contributed by atoms with Crippen LogP contribution in [0.4, 0.5) is 0 Å². The Morgan fingerprint density at radius 3 is 0.818 bits per heavy atom. The fourth-order valence-electron chi connectivity index (χ4n) is 0. The van der Waals surface area contributed by atoms with Gasteiger partial charge in [0.25, 0.3) is 0 Å². The number of hydrogen-bond acceptors (Lipinski definition) is 6. The average Bonchev–Trinajstić information content (AvgIpc) is 2.69. The highest BCUT2D eigenvalue weighted by molar-refractivity contribution is 7.81. The number of carbonyl (C=O) groups is 2. The number of carbonyl (C=O) groups excluding carboxylic acids is 2. The maximum absolute atomic E-state index is 10.0. The Bertz CT molecular complexity index is 607. The third kappa shape index (κ3) is 93.3. The van der Waals surface area contributed by atoms with Crippen molar-refractivity contribution in [1.82, 2.24) is 0 Å². The number of hydrogen-bond donors (Lipinski definition) is 2. The van der Waals surface area contributed by atoms with Crippen molar-refractivity contribution in [2.75, 3.05) is 0 Å². The average molecular weight is 493 g/mol. The minimum absolute atomic E-state index is 0.0185. The predicted octanol–water partition coefficient (Wildman–Crippen LogP) is 8.24. The molecule has 0 aliphatic carbocycles. The second-order valence-electron chi connectivity index (χ2n) is 6.60. The SMILES string of the molecule is C=C(C)C(C)=N.C=C(C)C(C)=O.C=C(C)C(C)=S.C=CC(C)=N.C=CC(C)=O.C=CC(C)=S.